The molecular weight excluding hydrogens is 324 g/mol. The molecule has 1 atom stereocenters. The van der Waals surface area contributed by atoms with Gasteiger partial charge in [-0.25, -0.2) is 0 Å². The van der Waals surface area contributed by atoms with Gasteiger partial charge >= 0.3 is 0 Å². The summed E-state index contributed by atoms with van der Waals surface area (Å²) in [6.45, 7) is 6.44. The summed E-state index contributed by atoms with van der Waals surface area (Å²) in [6.07, 6.45) is 1.79. The molecule has 4 heteroatoms. The van der Waals surface area contributed by atoms with Crippen LogP contribution in [0.3, 0.4) is 0 Å². The van der Waals surface area contributed by atoms with Crippen LogP contribution in [0.5, 0.6) is 0 Å². The lowest BCUT2D eigenvalue weighted by Gasteiger charge is -2.22. The zero-order valence-corrected chi connectivity index (χ0v) is 15.8. The summed E-state index contributed by atoms with van der Waals surface area (Å²) in [5.74, 6) is -0.338. The molecule has 0 spiro atoms. The Labute approximate surface area is 156 Å². The number of amides is 2. The van der Waals surface area contributed by atoms with Gasteiger partial charge in [0.1, 0.15) is 6.04 Å². The molecule has 0 radical (unpaired) electrons. The van der Waals surface area contributed by atoms with Gasteiger partial charge in [0.15, 0.2) is 0 Å². The van der Waals surface area contributed by atoms with Crippen LogP contribution in [-0.4, -0.2) is 24.4 Å². The first-order chi connectivity index (χ1) is 12.5. The van der Waals surface area contributed by atoms with E-state index in [1.165, 1.54) is 5.56 Å². The molecule has 26 heavy (non-hydrogen) atoms. The molecule has 0 heterocycles. The molecule has 0 aliphatic carbocycles. The first kappa shape index (κ1) is 19.7. The third kappa shape index (κ3) is 6.03. The molecular formula is C22H28N2O2. The van der Waals surface area contributed by atoms with E-state index in [4.69, 9.17) is 0 Å². The summed E-state index contributed by atoms with van der Waals surface area (Å²) in [4.78, 5) is 24.9. The lowest BCUT2D eigenvalue weighted by Crippen LogP contribution is -2.49. The van der Waals surface area contributed by atoms with E-state index in [1.807, 2.05) is 51.1 Å². The van der Waals surface area contributed by atoms with Crippen LogP contribution in [0.1, 0.15) is 41.8 Å². The monoisotopic (exact) mass is 352 g/mol. The van der Waals surface area contributed by atoms with E-state index in [-0.39, 0.29) is 17.7 Å². The molecule has 0 aliphatic rings. The Kier molecular flexibility index (Phi) is 7.39. The van der Waals surface area contributed by atoms with Crippen molar-refractivity contribution in [3.63, 3.8) is 0 Å². The van der Waals surface area contributed by atoms with Crippen molar-refractivity contribution in [1.29, 1.82) is 0 Å². The maximum absolute atomic E-state index is 12.5. The summed E-state index contributed by atoms with van der Waals surface area (Å²) in [7, 11) is 0. The summed E-state index contributed by atoms with van der Waals surface area (Å²) in [5.41, 5.74) is 2.92. The molecule has 0 aromatic heterocycles. The second-order valence-corrected chi connectivity index (χ2v) is 6.94. The summed E-state index contributed by atoms with van der Waals surface area (Å²) < 4.78 is 0. The lowest BCUT2D eigenvalue weighted by molar-refractivity contribution is -0.123. The molecule has 0 saturated heterocycles. The molecule has 0 saturated carbocycles. The first-order valence-electron chi connectivity index (χ1n) is 9.16. The van der Waals surface area contributed by atoms with E-state index >= 15 is 0 Å². The van der Waals surface area contributed by atoms with E-state index in [2.05, 4.69) is 22.8 Å². The Morgan fingerprint density at radius 3 is 2.23 bits per heavy atom. The standard InChI is InChI=1S/C22H28N2O2/c1-16(2)20(24-21(25)19-13-11-17(3)12-14-19)22(26)23-15-7-10-18-8-5-4-6-9-18/h4-6,8-9,11-14,16,20H,7,10,15H2,1-3H3,(H,23,26)(H,24,25). The van der Waals surface area contributed by atoms with Gasteiger partial charge in [0, 0.05) is 12.1 Å². The number of carbonyl (C=O) groups excluding carboxylic acids is 2. The number of hydrogen-bond donors (Lipinski definition) is 2. The first-order valence-corrected chi connectivity index (χ1v) is 9.16. The summed E-state index contributed by atoms with van der Waals surface area (Å²) in [5, 5.41) is 5.81. The van der Waals surface area contributed by atoms with Gasteiger partial charge in [0.05, 0.1) is 0 Å². The van der Waals surface area contributed by atoms with Crippen LogP contribution >= 0.6 is 0 Å². The maximum atomic E-state index is 12.5. The number of carbonyl (C=O) groups is 2. The average molecular weight is 352 g/mol. The molecule has 0 fully saturated rings. The van der Waals surface area contributed by atoms with E-state index in [0.717, 1.165) is 18.4 Å². The van der Waals surface area contributed by atoms with Gasteiger partial charge in [-0.1, -0.05) is 61.9 Å². The third-order valence-corrected chi connectivity index (χ3v) is 4.33. The van der Waals surface area contributed by atoms with Crippen molar-refractivity contribution in [2.75, 3.05) is 6.54 Å². The van der Waals surface area contributed by atoms with Crippen LogP contribution in [0.4, 0.5) is 0 Å². The minimum Gasteiger partial charge on any atom is -0.354 e. The maximum Gasteiger partial charge on any atom is 0.251 e. The fourth-order valence-electron chi connectivity index (χ4n) is 2.72. The minimum absolute atomic E-state index is 0.0125. The van der Waals surface area contributed by atoms with Crippen LogP contribution in [0.2, 0.25) is 0 Å². The Morgan fingerprint density at radius 1 is 0.962 bits per heavy atom. The van der Waals surface area contributed by atoms with E-state index in [9.17, 15) is 9.59 Å². The largest absolute Gasteiger partial charge is 0.354 e. The summed E-state index contributed by atoms with van der Waals surface area (Å²) >= 11 is 0. The number of hydrogen-bond acceptors (Lipinski definition) is 2. The van der Waals surface area contributed by atoms with E-state index in [0.29, 0.717) is 12.1 Å². The Hall–Kier alpha value is -2.62. The molecule has 1 unspecified atom stereocenters. The second-order valence-electron chi connectivity index (χ2n) is 6.94. The second kappa shape index (κ2) is 9.76. The molecule has 4 nitrogen and oxygen atoms in total. The van der Waals surface area contributed by atoms with Gasteiger partial charge in [-0.15, -0.1) is 0 Å². The van der Waals surface area contributed by atoms with Gasteiger partial charge in [0.25, 0.3) is 5.91 Å². The van der Waals surface area contributed by atoms with Crippen LogP contribution in [0.25, 0.3) is 0 Å². The zero-order valence-electron chi connectivity index (χ0n) is 15.8. The van der Waals surface area contributed by atoms with Crippen molar-refractivity contribution < 1.29 is 9.59 Å². The summed E-state index contributed by atoms with van der Waals surface area (Å²) in [6, 6.07) is 17.0. The van der Waals surface area contributed by atoms with Crippen LogP contribution in [0.15, 0.2) is 54.6 Å². The van der Waals surface area contributed by atoms with Gasteiger partial charge in [0.2, 0.25) is 5.91 Å². The predicted molar refractivity (Wildman–Crippen MR) is 105 cm³/mol. The fourth-order valence-corrected chi connectivity index (χ4v) is 2.72. The minimum atomic E-state index is -0.541. The van der Waals surface area contributed by atoms with Gasteiger partial charge in [-0.05, 0) is 43.4 Å². The predicted octanol–water partition coefficient (Wildman–Crippen LogP) is 3.50. The van der Waals surface area contributed by atoms with Crippen LogP contribution in [0, 0.1) is 12.8 Å². The molecule has 2 rings (SSSR count). The SMILES string of the molecule is Cc1ccc(C(=O)NC(C(=O)NCCCc2ccccc2)C(C)C)cc1. The molecule has 0 aliphatic heterocycles. The zero-order chi connectivity index (χ0) is 18.9. The van der Waals surface area contributed by atoms with Crippen molar-refractivity contribution in [3.05, 3.63) is 71.3 Å². The highest BCUT2D eigenvalue weighted by Gasteiger charge is 2.24. The van der Waals surface area contributed by atoms with Crippen molar-refractivity contribution in [1.82, 2.24) is 10.6 Å². The molecule has 0 bridgehead atoms. The average Bonchev–Trinajstić information content (AvgIpc) is 2.64. The number of benzene rings is 2. The lowest BCUT2D eigenvalue weighted by atomic mass is 10.0. The Morgan fingerprint density at radius 2 is 1.62 bits per heavy atom. The van der Waals surface area contributed by atoms with E-state index in [1.54, 1.807) is 12.1 Å². The molecule has 2 N–H and O–H groups in total. The highest BCUT2D eigenvalue weighted by atomic mass is 16.2. The quantitative estimate of drug-likeness (QED) is 0.715. The number of aryl methyl sites for hydroxylation is 2. The van der Waals surface area contributed by atoms with Gasteiger partial charge < -0.3 is 10.6 Å². The normalized spacial score (nSPS) is 11.8. The molecule has 138 valence electrons. The highest BCUT2D eigenvalue weighted by Crippen LogP contribution is 2.07. The topological polar surface area (TPSA) is 58.2 Å². The van der Waals surface area contributed by atoms with Crippen molar-refractivity contribution in [2.45, 2.75) is 39.7 Å². The van der Waals surface area contributed by atoms with Crippen molar-refractivity contribution in [3.8, 4) is 0 Å². The molecule has 2 aromatic carbocycles. The van der Waals surface area contributed by atoms with Crippen molar-refractivity contribution in [2.24, 2.45) is 5.92 Å². The van der Waals surface area contributed by atoms with Crippen LogP contribution in [-0.2, 0) is 11.2 Å². The smallest absolute Gasteiger partial charge is 0.251 e. The third-order valence-electron chi connectivity index (χ3n) is 4.33. The van der Waals surface area contributed by atoms with Gasteiger partial charge in [-0.3, -0.25) is 9.59 Å². The Balaban J connectivity index is 1.84. The number of rotatable bonds is 8. The molecule has 2 amide bonds. The number of nitrogens with one attached hydrogen (secondary N) is 2. The van der Waals surface area contributed by atoms with Crippen molar-refractivity contribution >= 4 is 11.8 Å². The van der Waals surface area contributed by atoms with Crippen LogP contribution < -0.4 is 10.6 Å². The molecule has 2 aromatic rings. The van der Waals surface area contributed by atoms with E-state index < -0.39 is 6.04 Å². The highest BCUT2D eigenvalue weighted by molar-refractivity contribution is 5.97. The fraction of sp³-hybridized carbons (Fsp3) is 0.364. The Bertz CT molecular complexity index is 709. The van der Waals surface area contributed by atoms with Gasteiger partial charge in [-0.2, -0.15) is 0 Å².